The van der Waals surface area contributed by atoms with Crippen molar-refractivity contribution in [2.24, 2.45) is 11.8 Å². The molecule has 1 aliphatic rings. The van der Waals surface area contributed by atoms with Crippen LogP contribution in [0.25, 0.3) is 0 Å². The maximum atomic E-state index is 5.91. The standard InChI is InChI=1S/C18H29NO/c1-13-8-9-18(15(3)12-13)20-11-10-19-17-7-5-6-14(2)16(17)4/h8-9,12,14,16-17,19H,5-7,10-11H2,1-4H3/p+1/t14-,16-,17+/m0/s1. The average Bonchev–Trinajstić information content (AvgIpc) is 2.41. The van der Waals surface area contributed by atoms with E-state index >= 15 is 0 Å². The lowest BCUT2D eigenvalue weighted by molar-refractivity contribution is -0.699. The van der Waals surface area contributed by atoms with Crippen molar-refractivity contribution in [1.29, 1.82) is 0 Å². The van der Waals surface area contributed by atoms with Gasteiger partial charge in [0.15, 0.2) is 0 Å². The monoisotopic (exact) mass is 276 g/mol. The first-order valence-corrected chi connectivity index (χ1v) is 8.11. The predicted molar refractivity (Wildman–Crippen MR) is 84.2 cm³/mol. The highest BCUT2D eigenvalue weighted by molar-refractivity contribution is 5.35. The van der Waals surface area contributed by atoms with Crippen molar-refractivity contribution < 1.29 is 10.1 Å². The largest absolute Gasteiger partial charge is 0.487 e. The molecule has 0 aliphatic heterocycles. The Labute approximate surface area is 123 Å². The summed E-state index contributed by atoms with van der Waals surface area (Å²) in [5.41, 5.74) is 2.54. The number of rotatable bonds is 5. The molecule has 1 aliphatic carbocycles. The van der Waals surface area contributed by atoms with Gasteiger partial charge in [0, 0.05) is 5.92 Å². The van der Waals surface area contributed by atoms with Crippen molar-refractivity contribution in [1.82, 2.24) is 0 Å². The molecule has 2 heteroatoms. The molecule has 20 heavy (non-hydrogen) atoms. The quantitative estimate of drug-likeness (QED) is 0.822. The van der Waals surface area contributed by atoms with E-state index in [0.717, 1.165) is 36.8 Å². The van der Waals surface area contributed by atoms with Crippen LogP contribution in [0, 0.1) is 25.7 Å². The molecule has 0 spiro atoms. The fourth-order valence-electron chi connectivity index (χ4n) is 3.37. The second kappa shape index (κ2) is 7.12. The van der Waals surface area contributed by atoms with Gasteiger partial charge in [-0.05, 0) is 50.7 Å². The van der Waals surface area contributed by atoms with Crippen molar-refractivity contribution in [3.63, 3.8) is 0 Å². The molecular formula is C18H30NO+. The van der Waals surface area contributed by atoms with E-state index in [0.29, 0.717) is 0 Å². The predicted octanol–water partition coefficient (Wildman–Crippen LogP) is 3.07. The summed E-state index contributed by atoms with van der Waals surface area (Å²) in [6.07, 6.45) is 4.17. The van der Waals surface area contributed by atoms with Crippen molar-refractivity contribution >= 4 is 0 Å². The van der Waals surface area contributed by atoms with Crippen LogP contribution >= 0.6 is 0 Å². The Morgan fingerprint density at radius 3 is 2.75 bits per heavy atom. The highest BCUT2D eigenvalue weighted by atomic mass is 16.5. The van der Waals surface area contributed by atoms with Gasteiger partial charge in [0.2, 0.25) is 0 Å². The summed E-state index contributed by atoms with van der Waals surface area (Å²) in [6.45, 7) is 10.9. The van der Waals surface area contributed by atoms with Crippen LogP contribution in [-0.2, 0) is 0 Å². The normalized spacial score (nSPS) is 26.5. The molecule has 0 radical (unpaired) electrons. The highest BCUT2D eigenvalue weighted by Gasteiger charge is 2.29. The van der Waals surface area contributed by atoms with Crippen LogP contribution in [0.15, 0.2) is 18.2 Å². The highest BCUT2D eigenvalue weighted by Crippen LogP contribution is 2.27. The van der Waals surface area contributed by atoms with Crippen molar-refractivity contribution in [3.8, 4) is 5.75 Å². The molecule has 1 fully saturated rings. The van der Waals surface area contributed by atoms with Crippen LogP contribution in [0.5, 0.6) is 5.75 Å². The van der Waals surface area contributed by atoms with E-state index < -0.39 is 0 Å². The third-order valence-corrected chi connectivity index (χ3v) is 4.95. The molecule has 0 heterocycles. The van der Waals surface area contributed by atoms with E-state index in [1.807, 2.05) is 0 Å². The van der Waals surface area contributed by atoms with Gasteiger partial charge >= 0.3 is 0 Å². The van der Waals surface area contributed by atoms with Crippen LogP contribution in [0.2, 0.25) is 0 Å². The summed E-state index contributed by atoms with van der Waals surface area (Å²) in [5, 5.41) is 2.50. The van der Waals surface area contributed by atoms with Gasteiger partial charge in [-0.3, -0.25) is 0 Å². The molecule has 2 nitrogen and oxygen atoms in total. The van der Waals surface area contributed by atoms with Crippen LogP contribution in [0.1, 0.15) is 44.2 Å². The van der Waals surface area contributed by atoms with Gasteiger partial charge in [0.25, 0.3) is 0 Å². The maximum absolute atomic E-state index is 5.91. The Morgan fingerprint density at radius 1 is 1.20 bits per heavy atom. The SMILES string of the molecule is Cc1ccc(OCC[NH2+][C@@H]2CCC[C@H](C)[C@@H]2C)c(C)c1. The first-order chi connectivity index (χ1) is 9.58. The zero-order valence-corrected chi connectivity index (χ0v) is 13.5. The first-order valence-electron chi connectivity index (χ1n) is 8.11. The summed E-state index contributed by atoms with van der Waals surface area (Å²) < 4.78 is 5.91. The molecule has 1 saturated carbocycles. The zero-order chi connectivity index (χ0) is 14.5. The number of aryl methyl sites for hydroxylation is 2. The Hall–Kier alpha value is -1.02. The summed E-state index contributed by atoms with van der Waals surface area (Å²) >= 11 is 0. The van der Waals surface area contributed by atoms with Crippen LogP contribution in [0.4, 0.5) is 0 Å². The number of benzene rings is 1. The Bertz CT molecular complexity index is 429. The number of ether oxygens (including phenoxy) is 1. The van der Waals surface area contributed by atoms with Gasteiger partial charge in [-0.1, -0.05) is 31.5 Å². The Balaban J connectivity index is 1.73. The second-order valence-electron chi connectivity index (χ2n) is 6.57. The van der Waals surface area contributed by atoms with Crippen LogP contribution in [-0.4, -0.2) is 19.2 Å². The number of nitrogens with two attached hydrogens (primary N) is 1. The average molecular weight is 276 g/mol. The van der Waals surface area contributed by atoms with E-state index in [9.17, 15) is 0 Å². The molecule has 0 amide bonds. The second-order valence-corrected chi connectivity index (χ2v) is 6.57. The molecule has 1 aromatic carbocycles. The summed E-state index contributed by atoms with van der Waals surface area (Å²) in [7, 11) is 0. The van der Waals surface area contributed by atoms with Gasteiger partial charge in [0.1, 0.15) is 18.9 Å². The fourth-order valence-corrected chi connectivity index (χ4v) is 3.37. The minimum atomic E-state index is 0.793. The fraction of sp³-hybridized carbons (Fsp3) is 0.667. The van der Waals surface area contributed by atoms with Crippen LogP contribution in [0.3, 0.4) is 0 Å². The molecule has 1 aromatic rings. The topological polar surface area (TPSA) is 25.8 Å². The number of quaternary nitrogens is 1. The van der Waals surface area contributed by atoms with Crippen molar-refractivity contribution in [2.75, 3.05) is 13.2 Å². The number of hydrogen-bond acceptors (Lipinski definition) is 1. The molecule has 0 unspecified atom stereocenters. The number of hydrogen-bond donors (Lipinski definition) is 1. The van der Waals surface area contributed by atoms with Gasteiger partial charge < -0.3 is 10.1 Å². The lowest BCUT2D eigenvalue weighted by atomic mass is 9.78. The van der Waals surface area contributed by atoms with E-state index in [2.05, 4.69) is 51.2 Å². The van der Waals surface area contributed by atoms with Gasteiger partial charge in [-0.25, -0.2) is 0 Å². The van der Waals surface area contributed by atoms with Crippen molar-refractivity contribution in [2.45, 2.75) is 53.0 Å². The van der Waals surface area contributed by atoms with Crippen molar-refractivity contribution in [3.05, 3.63) is 29.3 Å². The molecule has 112 valence electrons. The lowest BCUT2D eigenvalue weighted by Crippen LogP contribution is -2.92. The lowest BCUT2D eigenvalue weighted by Gasteiger charge is -2.32. The molecule has 0 saturated heterocycles. The smallest absolute Gasteiger partial charge is 0.137 e. The molecular weight excluding hydrogens is 246 g/mol. The zero-order valence-electron chi connectivity index (χ0n) is 13.5. The minimum absolute atomic E-state index is 0.793. The Kier molecular flexibility index (Phi) is 5.47. The van der Waals surface area contributed by atoms with E-state index in [1.165, 1.54) is 30.4 Å². The van der Waals surface area contributed by atoms with Gasteiger partial charge in [-0.15, -0.1) is 0 Å². The summed E-state index contributed by atoms with van der Waals surface area (Å²) in [5.74, 6) is 2.75. The Morgan fingerprint density at radius 2 is 2.00 bits per heavy atom. The molecule has 0 bridgehead atoms. The first kappa shape index (κ1) is 15.4. The summed E-state index contributed by atoms with van der Waals surface area (Å²) in [6, 6.07) is 7.19. The minimum Gasteiger partial charge on any atom is -0.487 e. The maximum Gasteiger partial charge on any atom is 0.137 e. The third kappa shape index (κ3) is 3.99. The summed E-state index contributed by atoms with van der Waals surface area (Å²) in [4.78, 5) is 0. The van der Waals surface area contributed by atoms with E-state index in [-0.39, 0.29) is 0 Å². The third-order valence-electron chi connectivity index (χ3n) is 4.95. The molecule has 2 rings (SSSR count). The van der Waals surface area contributed by atoms with Gasteiger partial charge in [0.05, 0.1) is 6.04 Å². The molecule has 3 atom stereocenters. The van der Waals surface area contributed by atoms with E-state index in [4.69, 9.17) is 4.74 Å². The van der Waals surface area contributed by atoms with Gasteiger partial charge in [-0.2, -0.15) is 0 Å². The van der Waals surface area contributed by atoms with Crippen LogP contribution < -0.4 is 10.1 Å². The van der Waals surface area contributed by atoms with E-state index in [1.54, 1.807) is 0 Å². The molecule has 0 aromatic heterocycles. The molecule has 2 N–H and O–H groups in total.